The van der Waals surface area contributed by atoms with Crippen LogP contribution in [0.4, 0.5) is 11.4 Å². The van der Waals surface area contributed by atoms with Crippen LogP contribution < -0.4 is 20.7 Å². The Balaban J connectivity index is 1.08. The van der Waals surface area contributed by atoms with Gasteiger partial charge >= 0.3 is 0 Å². The first-order valence-corrected chi connectivity index (χ1v) is 15.9. The average molecular weight is 655 g/mol. The van der Waals surface area contributed by atoms with Crippen LogP contribution >= 0.6 is 11.8 Å². The zero-order valence-corrected chi connectivity index (χ0v) is 26.6. The Morgan fingerprint density at radius 3 is 2.35 bits per heavy atom. The van der Waals surface area contributed by atoms with Gasteiger partial charge in [-0.05, 0) is 90.5 Å². The van der Waals surface area contributed by atoms with Gasteiger partial charge in [-0.1, -0.05) is 48.5 Å². The summed E-state index contributed by atoms with van der Waals surface area (Å²) in [6.07, 6.45) is 1.58. The Bertz CT molecular complexity index is 2080. The average Bonchev–Trinajstić information content (AvgIpc) is 3.56. The predicted octanol–water partition coefficient (Wildman–Crippen LogP) is 7.64. The van der Waals surface area contributed by atoms with Gasteiger partial charge in [0.05, 0.1) is 12.9 Å². The molecule has 0 saturated carbocycles. The fourth-order valence-electron chi connectivity index (χ4n) is 4.74. The molecule has 0 saturated heterocycles. The van der Waals surface area contributed by atoms with Crippen molar-refractivity contribution in [2.75, 3.05) is 23.5 Å². The molecule has 1 aromatic heterocycles. The lowest BCUT2D eigenvalue weighted by molar-refractivity contribution is -0.114. The van der Waals surface area contributed by atoms with Gasteiger partial charge < -0.3 is 25.1 Å². The van der Waals surface area contributed by atoms with Gasteiger partial charge in [0.2, 0.25) is 11.8 Å². The van der Waals surface area contributed by atoms with E-state index >= 15 is 0 Å². The largest absolute Gasteiger partial charge is 0.497 e. The second-order valence-corrected chi connectivity index (χ2v) is 11.6. The van der Waals surface area contributed by atoms with Crippen LogP contribution in [0, 0.1) is 0 Å². The van der Waals surface area contributed by atoms with E-state index in [1.807, 2.05) is 48.5 Å². The molecule has 3 amide bonds. The number of hydrogen-bond acceptors (Lipinski definition) is 7. The van der Waals surface area contributed by atoms with Crippen molar-refractivity contribution in [3.8, 4) is 17.2 Å². The maximum atomic E-state index is 13.5. The molecule has 0 fully saturated rings. The van der Waals surface area contributed by atoms with E-state index in [2.05, 4.69) is 20.9 Å². The fourth-order valence-corrected chi connectivity index (χ4v) is 5.50. The number of hydrogen-bond donors (Lipinski definition) is 3. The number of anilines is 2. The van der Waals surface area contributed by atoms with E-state index in [1.165, 1.54) is 11.8 Å². The van der Waals surface area contributed by atoms with E-state index in [9.17, 15) is 14.4 Å². The van der Waals surface area contributed by atoms with Crippen LogP contribution in [-0.2, 0) is 9.59 Å². The summed E-state index contributed by atoms with van der Waals surface area (Å²) in [7, 11) is 1.56. The monoisotopic (exact) mass is 654 g/mol. The summed E-state index contributed by atoms with van der Waals surface area (Å²) in [6.45, 7) is 0. The lowest BCUT2D eigenvalue weighted by Crippen LogP contribution is -2.30. The van der Waals surface area contributed by atoms with Crippen LogP contribution in [0.25, 0.3) is 28.6 Å². The van der Waals surface area contributed by atoms with E-state index in [1.54, 1.807) is 92.0 Å². The smallest absolute Gasteiger partial charge is 0.272 e. The predicted molar refractivity (Wildman–Crippen MR) is 189 cm³/mol. The molecule has 0 aliphatic rings. The van der Waals surface area contributed by atoms with Crippen molar-refractivity contribution >= 4 is 58.0 Å². The van der Waals surface area contributed by atoms with Gasteiger partial charge in [-0.15, -0.1) is 11.8 Å². The van der Waals surface area contributed by atoms with Crippen molar-refractivity contribution in [1.82, 2.24) is 10.3 Å². The number of carbonyl (C=O) groups excluding carboxylic acids is 3. The van der Waals surface area contributed by atoms with Gasteiger partial charge in [0.1, 0.15) is 17.0 Å². The van der Waals surface area contributed by atoms with Gasteiger partial charge in [-0.2, -0.15) is 0 Å². The minimum Gasteiger partial charge on any atom is -0.497 e. The van der Waals surface area contributed by atoms with Crippen LogP contribution in [0.2, 0.25) is 0 Å². The van der Waals surface area contributed by atoms with Gasteiger partial charge in [-0.3, -0.25) is 14.4 Å². The summed E-state index contributed by atoms with van der Waals surface area (Å²) in [5, 5.41) is 8.51. The summed E-state index contributed by atoms with van der Waals surface area (Å²) in [5.74, 6) is 0.163. The number of nitrogens with zero attached hydrogens (tertiary/aromatic N) is 1. The van der Waals surface area contributed by atoms with Crippen LogP contribution in [0.5, 0.6) is 5.75 Å². The number of rotatable bonds is 11. The fraction of sp³-hybridized carbons (Fsp3) is 0.0526. The first-order chi connectivity index (χ1) is 23.4. The number of nitrogens with one attached hydrogen (secondary N) is 3. The molecule has 9 nitrogen and oxygen atoms in total. The molecule has 0 radical (unpaired) electrons. The molecule has 6 rings (SSSR count). The highest BCUT2D eigenvalue weighted by atomic mass is 32.2. The number of oxazole rings is 1. The Hall–Kier alpha value is -6.13. The number of benzene rings is 5. The van der Waals surface area contributed by atoms with Crippen molar-refractivity contribution < 1.29 is 23.5 Å². The summed E-state index contributed by atoms with van der Waals surface area (Å²) >= 11 is 1.33. The van der Waals surface area contributed by atoms with E-state index in [-0.39, 0.29) is 17.4 Å². The molecule has 3 N–H and O–H groups in total. The number of thioether (sulfide) groups is 1. The highest BCUT2D eigenvalue weighted by Gasteiger charge is 2.16. The second-order valence-electron chi connectivity index (χ2n) is 10.5. The standard InChI is InChI=1S/C38H30N4O5S/c1-46-30-13-7-9-25(21-30)22-33(41-36(44)26-10-3-2-4-11-26)37(45)40-29-12-8-14-31(23-29)48-24-35(43)39-28-19-17-27(18-20-28)38-42-32-15-5-6-16-34(32)47-38/h2-23H,24H2,1H3,(H,39,43)(H,40,45)(H,41,44)/b33-22-. The first-order valence-electron chi connectivity index (χ1n) is 15.0. The Labute approximate surface area is 281 Å². The lowest BCUT2D eigenvalue weighted by atomic mass is 10.1. The minimum atomic E-state index is -0.511. The lowest BCUT2D eigenvalue weighted by Gasteiger charge is -2.12. The molecule has 5 aromatic carbocycles. The summed E-state index contributed by atoms with van der Waals surface area (Å²) in [4.78, 5) is 44.5. The van der Waals surface area contributed by atoms with Crippen molar-refractivity contribution in [2.45, 2.75) is 4.90 Å². The molecule has 10 heteroatoms. The summed E-state index contributed by atoms with van der Waals surface area (Å²) in [6, 6.07) is 37.8. The second kappa shape index (κ2) is 15.0. The molecule has 0 unspecified atom stereocenters. The number of para-hydroxylation sites is 2. The van der Waals surface area contributed by atoms with Crippen LogP contribution in [0.1, 0.15) is 15.9 Å². The van der Waals surface area contributed by atoms with Gasteiger partial charge in [0.15, 0.2) is 5.58 Å². The summed E-state index contributed by atoms with van der Waals surface area (Å²) < 4.78 is 11.1. The molecule has 0 aliphatic heterocycles. The molecule has 1 heterocycles. The number of carbonyl (C=O) groups is 3. The van der Waals surface area contributed by atoms with Crippen LogP contribution in [0.15, 0.2) is 142 Å². The number of methoxy groups -OCH3 is 1. The van der Waals surface area contributed by atoms with Crippen LogP contribution in [0.3, 0.4) is 0 Å². The molecule has 0 spiro atoms. The highest BCUT2D eigenvalue weighted by Crippen LogP contribution is 2.26. The van der Waals surface area contributed by atoms with E-state index < -0.39 is 11.8 Å². The molecule has 0 atom stereocenters. The molecule has 0 aliphatic carbocycles. The molecular formula is C38H30N4O5S. The first kappa shape index (κ1) is 31.8. The molecule has 0 bridgehead atoms. The maximum Gasteiger partial charge on any atom is 0.272 e. The zero-order valence-electron chi connectivity index (χ0n) is 25.8. The maximum absolute atomic E-state index is 13.5. The number of fused-ring (bicyclic) bond motifs is 1. The highest BCUT2D eigenvalue weighted by molar-refractivity contribution is 8.00. The van der Waals surface area contributed by atoms with Gasteiger partial charge in [-0.25, -0.2) is 4.98 Å². The topological polar surface area (TPSA) is 123 Å². The van der Waals surface area contributed by atoms with Gasteiger partial charge in [0, 0.05) is 27.4 Å². The Morgan fingerprint density at radius 2 is 1.56 bits per heavy atom. The van der Waals surface area contributed by atoms with Crippen molar-refractivity contribution in [1.29, 1.82) is 0 Å². The van der Waals surface area contributed by atoms with E-state index in [0.717, 1.165) is 16.0 Å². The number of amides is 3. The van der Waals surface area contributed by atoms with Crippen LogP contribution in [-0.4, -0.2) is 35.6 Å². The van der Waals surface area contributed by atoms with E-state index in [4.69, 9.17) is 9.15 Å². The Kier molecular flexibility index (Phi) is 9.93. The quantitative estimate of drug-likeness (QED) is 0.0969. The number of aromatic nitrogens is 1. The third-order valence-corrected chi connectivity index (χ3v) is 8.10. The van der Waals surface area contributed by atoms with Crippen molar-refractivity contribution in [3.05, 3.63) is 144 Å². The minimum absolute atomic E-state index is 0.0525. The SMILES string of the molecule is COc1cccc(/C=C(\NC(=O)c2ccccc2)C(=O)Nc2cccc(SCC(=O)Nc3ccc(-c4nc5ccccc5o4)cc3)c2)c1. The van der Waals surface area contributed by atoms with E-state index in [0.29, 0.717) is 39.7 Å². The molecule has 48 heavy (non-hydrogen) atoms. The molecule has 6 aromatic rings. The van der Waals surface area contributed by atoms with Crippen molar-refractivity contribution in [3.63, 3.8) is 0 Å². The molecular weight excluding hydrogens is 625 g/mol. The summed E-state index contributed by atoms with van der Waals surface area (Å²) in [5.41, 5.74) is 4.59. The normalized spacial score (nSPS) is 11.1. The van der Waals surface area contributed by atoms with Crippen molar-refractivity contribution in [2.24, 2.45) is 0 Å². The zero-order chi connectivity index (χ0) is 33.3. The third kappa shape index (κ3) is 8.17. The number of ether oxygens (including phenoxy) is 1. The third-order valence-electron chi connectivity index (χ3n) is 7.10. The van der Waals surface area contributed by atoms with Gasteiger partial charge in [0.25, 0.3) is 11.8 Å². The Morgan fingerprint density at radius 1 is 0.792 bits per heavy atom. The molecule has 238 valence electrons.